The van der Waals surface area contributed by atoms with Gasteiger partial charge in [0.15, 0.2) is 0 Å². The van der Waals surface area contributed by atoms with Gasteiger partial charge in [-0.3, -0.25) is 0 Å². The molecule has 0 saturated carbocycles. The van der Waals surface area contributed by atoms with E-state index in [4.69, 9.17) is 9.97 Å². The third kappa shape index (κ3) is 3.94. The van der Waals surface area contributed by atoms with Crippen LogP contribution in [0, 0.1) is 0 Å². The average Bonchev–Trinajstić information content (AvgIpc) is 2.76. The maximum Gasteiger partial charge on any atom is 0.105 e. The van der Waals surface area contributed by atoms with E-state index in [1.807, 2.05) is 40.3 Å². The molecule has 1 heterocycles. The largest absolute Gasteiger partial charge is 0.378 e. The van der Waals surface area contributed by atoms with Crippen molar-refractivity contribution in [3.8, 4) is 22.5 Å². The van der Waals surface area contributed by atoms with Gasteiger partial charge in [0.1, 0.15) is 11.0 Å². The van der Waals surface area contributed by atoms with E-state index in [0.717, 1.165) is 53.9 Å². The minimum absolute atomic E-state index is 0.838. The van der Waals surface area contributed by atoms with Crippen molar-refractivity contribution < 1.29 is 0 Å². The molecule has 0 aliphatic rings. The van der Waals surface area contributed by atoms with E-state index < -0.39 is 0 Å². The molecule has 0 saturated heterocycles. The number of anilines is 2. The molecule has 1 aromatic heterocycles. The van der Waals surface area contributed by atoms with Crippen LogP contribution in [0.2, 0.25) is 0 Å². The number of aromatic nitrogens is 2. The van der Waals surface area contributed by atoms with Gasteiger partial charge >= 0.3 is 0 Å². The quantitative estimate of drug-likeness (QED) is 0.299. The molecular weight excluding hydrogens is 504 g/mol. The van der Waals surface area contributed by atoms with E-state index in [1.54, 1.807) is 0 Å². The molecule has 0 aliphatic carbocycles. The van der Waals surface area contributed by atoms with Gasteiger partial charge in [-0.1, -0.05) is 24.3 Å². The van der Waals surface area contributed by atoms with Crippen molar-refractivity contribution >= 4 is 54.3 Å². The van der Waals surface area contributed by atoms with Crippen molar-refractivity contribution in [2.45, 2.75) is 0 Å². The first-order valence-electron chi connectivity index (χ1n) is 9.56. The van der Waals surface area contributed by atoms with E-state index in [1.165, 1.54) is 0 Å². The Hall–Kier alpha value is -2.44. The number of nitrogens with zero attached hydrogens (tertiary/aromatic N) is 4. The van der Waals surface area contributed by atoms with Crippen molar-refractivity contribution in [2.24, 2.45) is 0 Å². The van der Waals surface area contributed by atoms with Crippen molar-refractivity contribution in [2.75, 3.05) is 38.0 Å². The Morgan fingerprint density at radius 3 is 1.17 bits per heavy atom. The highest BCUT2D eigenvalue weighted by atomic mass is 79.9. The number of hydrogen-bond acceptors (Lipinski definition) is 4. The maximum atomic E-state index is 5.05. The van der Waals surface area contributed by atoms with Gasteiger partial charge in [-0.05, 0) is 68.3 Å². The molecule has 4 rings (SSSR count). The van der Waals surface area contributed by atoms with Gasteiger partial charge in [-0.25, -0.2) is 9.97 Å². The fourth-order valence-corrected chi connectivity index (χ4v) is 4.13. The van der Waals surface area contributed by atoms with Gasteiger partial charge in [0.05, 0.1) is 11.4 Å². The number of fused-ring (bicyclic) bond motifs is 1. The van der Waals surface area contributed by atoms with Crippen molar-refractivity contribution in [1.29, 1.82) is 0 Å². The van der Waals surface area contributed by atoms with Crippen LogP contribution in [0.1, 0.15) is 0 Å². The molecule has 0 fully saturated rings. The number of rotatable bonds is 4. The van der Waals surface area contributed by atoms with Crippen molar-refractivity contribution in [3.63, 3.8) is 0 Å². The van der Waals surface area contributed by atoms with Gasteiger partial charge in [0.2, 0.25) is 0 Å². The highest BCUT2D eigenvalue weighted by Crippen LogP contribution is 2.36. The zero-order valence-electron chi connectivity index (χ0n) is 17.3. The summed E-state index contributed by atoms with van der Waals surface area (Å²) in [4.78, 5) is 14.3. The Morgan fingerprint density at radius 2 is 0.867 bits per heavy atom. The minimum atomic E-state index is 0.838. The van der Waals surface area contributed by atoms with Crippen LogP contribution in [-0.2, 0) is 0 Å². The van der Waals surface area contributed by atoms with Crippen LogP contribution in [0.15, 0.2) is 69.6 Å². The summed E-state index contributed by atoms with van der Waals surface area (Å²) in [7, 11) is 8.16. The molecule has 6 heteroatoms. The molecular formula is C24H22Br2N4. The predicted octanol–water partition coefficient (Wildman–Crippen LogP) is 6.62. The normalized spacial score (nSPS) is 11.0. The highest BCUT2D eigenvalue weighted by Gasteiger charge is 2.16. The molecule has 4 aromatic rings. The molecule has 4 nitrogen and oxygen atoms in total. The summed E-state index contributed by atoms with van der Waals surface area (Å²) in [6, 6.07) is 20.8. The number of benzene rings is 3. The Morgan fingerprint density at radius 1 is 0.533 bits per heavy atom. The zero-order chi connectivity index (χ0) is 21.4. The molecule has 0 bridgehead atoms. The van der Waals surface area contributed by atoms with Crippen LogP contribution < -0.4 is 9.80 Å². The molecule has 0 amide bonds. The van der Waals surface area contributed by atoms with Gasteiger partial charge in [-0.2, -0.15) is 0 Å². The first-order chi connectivity index (χ1) is 14.3. The molecule has 0 N–H and O–H groups in total. The SMILES string of the molecule is CN(C)c1ccc(-c2nc3c(Br)ccc(Br)c3nc2-c2ccc(N(C)C)cc2)cc1. The summed E-state index contributed by atoms with van der Waals surface area (Å²) in [5.74, 6) is 0. The van der Waals surface area contributed by atoms with Crippen LogP contribution in [0.4, 0.5) is 11.4 Å². The second kappa shape index (κ2) is 8.36. The summed E-state index contributed by atoms with van der Waals surface area (Å²) in [5.41, 5.74) is 7.77. The van der Waals surface area contributed by atoms with Crippen molar-refractivity contribution in [1.82, 2.24) is 9.97 Å². The Balaban J connectivity index is 1.96. The molecule has 0 unspecified atom stereocenters. The average molecular weight is 526 g/mol. The zero-order valence-corrected chi connectivity index (χ0v) is 20.5. The second-order valence-corrected chi connectivity index (χ2v) is 9.24. The fourth-order valence-electron chi connectivity index (χ4n) is 3.31. The summed E-state index contributed by atoms with van der Waals surface area (Å²) in [5, 5.41) is 0. The number of halogens is 2. The summed E-state index contributed by atoms with van der Waals surface area (Å²) < 4.78 is 1.85. The van der Waals surface area contributed by atoms with Crippen molar-refractivity contribution in [3.05, 3.63) is 69.6 Å². The Kier molecular flexibility index (Phi) is 5.80. The lowest BCUT2D eigenvalue weighted by atomic mass is 10.0. The van der Waals surface area contributed by atoms with Gasteiger partial charge in [0.25, 0.3) is 0 Å². The Labute approximate surface area is 193 Å². The van der Waals surface area contributed by atoms with Gasteiger partial charge in [-0.15, -0.1) is 0 Å². The molecule has 0 atom stereocenters. The molecule has 0 radical (unpaired) electrons. The van der Waals surface area contributed by atoms with E-state index in [2.05, 4.69) is 90.2 Å². The van der Waals surface area contributed by atoms with E-state index >= 15 is 0 Å². The summed E-state index contributed by atoms with van der Waals surface area (Å²) in [6.45, 7) is 0. The highest BCUT2D eigenvalue weighted by molar-refractivity contribution is 9.11. The second-order valence-electron chi connectivity index (χ2n) is 7.53. The monoisotopic (exact) mass is 524 g/mol. The first kappa shape index (κ1) is 20.8. The van der Waals surface area contributed by atoms with Crippen LogP contribution >= 0.6 is 31.9 Å². The van der Waals surface area contributed by atoms with Gasteiger partial charge in [0, 0.05) is 59.6 Å². The van der Waals surface area contributed by atoms with E-state index in [9.17, 15) is 0 Å². The van der Waals surface area contributed by atoms with Crippen LogP contribution in [0.5, 0.6) is 0 Å². The lowest BCUT2D eigenvalue weighted by Crippen LogP contribution is -2.08. The maximum absolute atomic E-state index is 5.05. The molecule has 152 valence electrons. The van der Waals surface area contributed by atoms with Crippen LogP contribution in [-0.4, -0.2) is 38.2 Å². The molecule has 3 aromatic carbocycles. The standard InChI is InChI=1S/C24H22Br2N4/c1-29(2)17-9-5-15(6-10-17)21-22(16-7-11-18(12-8-16)30(3)4)28-24-20(26)14-13-19(25)23(24)27-21/h5-14H,1-4H3. The third-order valence-electron chi connectivity index (χ3n) is 5.04. The minimum Gasteiger partial charge on any atom is -0.378 e. The topological polar surface area (TPSA) is 32.3 Å². The summed E-state index contributed by atoms with van der Waals surface area (Å²) in [6.07, 6.45) is 0. The summed E-state index contributed by atoms with van der Waals surface area (Å²) >= 11 is 7.28. The third-order valence-corrected chi connectivity index (χ3v) is 6.32. The van der Waals surface area contributed by atoms with Crippen LogP contribution in [0.3, 0.4) is 0 Å². The lowest BCUT2D eigenvalue weighted by molar-refractivity contribution is 1.13. The lowest BCUT2D eigenvalue weighted by Gasteiger charge is -2.16. The molecule has 30 heavy (non-hydrogen) atoms. The molecule has 0 aliphatic heterocycles. The molecule has 0 spiro atoms. The van der Waals surface area contributed by atoms with E-state index in [-0.39, 0.29) is 0 Å². The van der Waals surface area contributed by atoms with Crippen LogP contribution in [0.25, 0.3) is 33.5 Å². The van der Waals surface area contributed by atoms with E-state index in [0.29, 0.717) is 0 Å². The first-order valence-corrected chi connectivity index (χ1v) is 11.1. The fraction of sp³-hybridized carbons (Fsp3) is 0.167. The van der Waals surface area contributed by atoms with Gasteiger partial charge < -0.3 is 9.80 Å². The Bertz CT molecular complexity index is 1100. The smallest absolute Gasteiger partial charge is 0.105 e. The number of hydrogen-bond donors (Lipinski definition) is 0. The predicted molar refractivity (Wildman–Crippen MR) is 134 cm³/mol.